The van der Waals surface area contributed by atoms with Crippen LogP contribution in [0.2, 0.25) is 0 Å². The summed E-state index contributed by atoms with van der Waals surface area (Å²) in [5.41, 5.74) is 2.37. The summed E-state index contributed by atoms with van der Waals surface area (Å²) in [4.78, 5) is 24.9. The Bertz CT molecular complexity index is 1000. The summed E-state index contributed by atoms with van der Waals surface area (Å²) < 4.78 is 25.7. The number of sulfonamides is 1. The number of amides is 2. The monoisotopic (exact) mass is 370 g/mol. The molecular formula is C19H18N2O4S. The number of hydrogen-bond acceptors (Lipinski definition) is 4. The first-order valence-corrected chi connectivity index (χ1v) is 9.96. The molecule has 0 bridgehead atoms. The van der Waals surface area contributed by atoms with Gasteiger partial charge < -0.3 is 5.32 Å². The summed E-state index contributed by atoms with van der Waals surface area (Å²) in [7, 11) is -3.97. The van der Waals surface area contributed by atoms with E-state index in [1.54, 1.807) is 12.1 Å². The highest BCUT2D eigenvalue weighted by Gasteiger charge is 2.42. The Hall–Kier alpha value is -2.67. The van der Waals surface area contributed by atoms with Crippen LogP contribution in [0.25, 0.3) is 0 Å². The maximum Gasteiger partial charge on any atom is 0.269 e. The van der Waals surface area contributed by atoms with Crippen LogP contribution in [0.15, 0.2) is 53.4 Å². The molecule has 1 aliphatic heterocycles. The molecule has 1 aliphatic carbocycles. The number of aryl methyl sites for hydroxylation is 1. The molecule has 1 N–H and O–H groups in total. The molecule has 2 aromatic carbocycles. The molecule has 0 saturated heterocycles. The van der Waals surface area contributed by atoms with E-state index in [4.69, 9.17) is 0 Å². The smallest absolute Gasteiger partial charge is 0.269 e. The molecule has 2 amide bonds. The number of nitrogens with zero attached hydrogens (tertiary/aromatic N) is 1. The van der Waals surface area contributed by atoms with Gasteiger partial charge in [-0.05, 0) is 42.5 Å². The summed E-state index contributed by atoms with van der Waals surface area (Å²) in [5.74, 6) is -1.13. The first-order chi connectivity index (χ1) is 12.5. The third-order valence-corrected chi connectivity index (χ3v) is 6.69. The van der Waals surface area contributed by atoms with Gasteiger partial charge in [0.2, 0.25) is 5.91 Å². The standard InChI is InChI=1S/C19H18N2O4S/c22-18(20-16-10-5-7-13-6-1-2-8-14(13)16)12-21-19(23)15-9-3-4-11-17(15)26(21,24)25/h1-4,6,8-9,11,16H,5,7,10,12H2,(H,20,22)/t16-/m0/s1. The van der Waals surface area contributed by atoms with E-state index >= 15 is 0 Å². The van der Waals surface area contributed by atoms with Crippen LogP contribution < -0.4 is 5.32 Å². The molecule has 0 saturated carbocycles. The van der Waals surface area contributed by atoms with E-state index in [-0.39, 0.29) is 16.5 Å². The van der Waals surface area contributed by atoms with Gasteiger partial charge in [0, 0.05) is 0 Å². The third-order valence-electron chi connectivity index (χ3n) is 4.90. The molecule has 4 rings (SSSR count). The minimum Gasteiger partial charge on any atom is -0.348 e. The number of carbonyl (C=O) groups excluding carboxylic acids is 2. The van der Waals surface area contributed by atoms with Gasteiger partial charge in [-0.25, -0.2) is 12.7 Å². The molecule has 0 spiro atoms. The minimum atomic E-state index is -3.97. The van der Waals surface area contributed by atoms with Gasteiger partial charge >= 0.3 is 0 Å². The zero-order valence-electron chi connectivity index (χ0n) is 14.0. The molecule has 1 atom stereocenters. The second-order valence-electron chi connectivity index (χ2n) is 6.52. The van der Waals surface area contributed by atoms with Crippen molar-refractivity contribution in [3.63, 3.8) is 0 Å². The molecule has 134 valence electrons. The number of fused-ring (bicyclic) bond motifs is 2. The zero-order valence-corrected chi connectivity index (χ0v) is 14.8. The van der Waals surface area contributed by atoms with Gasteiger partial charge in [-0.1, -0.05) is 36.4 Å². The lowest BCUT2D eigenvalue weighted by Crippen LogP contribution is -2.42. The summed E-state index contributed by atoms with van der Waals surface area (Å²) in [6.45, 7) is -0.505. The highest BCUT2D eigenvalue weighted by atomic mass is 32.2. The lowest BCUT2D eigenvalue weighted by Gasteiger charge is -2.27. The molecule has 26 heavy (non-hydrogen) atoms. The van der Waals surface area contributed by atoms with Crippen molar-refractivity contribution in [3.05, 3.63) is 65.2 Å². The van der Waals surface area contributed by atoms with Crippen LogP contribution in [0.4, 0.5) is 0 Å². The Labute approximate surface area is 151 Å². The minimum absolute atomic E-state index is 0.0409. The van der Waals surface area contributed by atoms with E-state index < -0.39 is 28.4 Å². The molecule has 0 unspecified atom stereocenters. The second kappa shape index (κ2) is 6.25. The first kappa shape index (κ1) is 16.8. The predicted octanol–water partition coefficient (Wildman–Crippen LogP) is 2.02. The van der Waals surface area contributed by atoms with Crippen molar-refractivity contribution in [2.24, 2.45) is 0 Å². The van der Waals surface area contributed by atoms with Crippen LogP contribution in [0.3, 0.4) is 0 Å². The molecular weight excluding hydrogens is 352 g/mol. The topological polar surface area (TPSA) is 83.6 Å². The van der Waals surface area contributed by atoms with Crippen molar-refractivity contribution < 1.29 is 18.0 Å². The van der Waals surface area contributed by atoms with Crippen molar-refractivity contribution in [3.8, 4) is 0 Å². The van der Waals surface area contributed by atoms with E-state index in [9.17, 15) is 18.0 Å². The summed E-state index contributed by atoms with van der Waals surface area (Å²) >= 11 is 0. The number of benzene rings is 2. The Morgan fingerprint density at radius 3 is 2.65 bits per heavy atom. The summed E-state index contributed by atoms with van der Waals surface area (Å²) in [6.07, 6.45) is 2.72. The van der Waals surface area contributed by atoms with Gasteiger partial charge in [-0.15, -0.1) is 0 Å². The molecule has 0 radical (unpaired) electrons. The van der Waals surface area contributed by atoms with Crippen molar-refractivity contribution in [2.45, 2.75) is 30.2 Å². The SMILES string of the molecule is O=C(CN1C(=O)c2ccccc2S1(=O)=O)N[C@H]1CCCc2ccccc21. The van der Waals surface area contributed by atoms with Gasteiger partial charge in [0.05, 0.1) is 11.6 Å². The quantitative estimate of drug-likeness (QED) is 0.896. The predicted molar refractivity (Wildman–Crippen MR) is 94.9 cm³/mol. The van der Waals surface area contributed by atoms with Crippen LogP contribution in [0.5, 0.6) is 0 Å². The molecule has 2 aromatic rings. The molecule has 6 nitrogen and oxygen atoms in total. The Kier molecular flexibility index (Phi) is 4.03. The average molecular weight is 370 g/mol. The molecule has 1 heterocycles. The van der Waals surface area contributed by atoms with Gasteiger partial charge in [0.15, 0.2) is 0 Å². The van der Waals surface area contributed by atoms with Gasteiger partial charge in [-0.3, -0.25) is 9.59 Å². The highest BCUT2D eigenvalue weighted by Crippen LogP contribution is 2.31. The van der Waals surface area contributed by atoms with E-state index in [0.717, 1.165) is 24.8 Å². The van der Waals surface area contributed by atoms with Crippen LogP contribution in [-0.4, -0.2) is 31.1 Å². The normalized spacial score (nSPS) is 20.4. The fourth-order valence-corrected chi connectivity index (χ4v) is 5.19. The third kappa shape index (κ3) is 2.68. The lowest BCUT2D eigenvalue weighted by atomic mass is 9.88. The first-order valence-electron chi connectivity index (χ1n) is 8.52. The van der Waals surface area contributed by atoms with Crippen molar-refractivity contribution in [1.82, 2.24) is 9.62 Å². The zero-order chi connectivity index (χ0) is 18.3. The van der Waals surface area contributed by atoms with Gasteiger partial charge in [0.1, 0.15) is 11.4 Å². The van der Waals surface area contributed by atoms with Crippen LogP contribution in [0, 0.1) is 0 Å². The van der Waals surface area contributed by atoms with Crippen LogP contribution in [-0.2, 0) is 21.2 Å². The molecule has 2 aliphatic rings. The Balaban J connectivity index is 1.53. The van der Waals surface area contributed by atoms with Crippen molar-refractivity contribution in [1.29, 1.82) is 0 Å². The molecule has 0 fully saturated rings. The van der Waals surface area contributed by atoms with E-state index in [1.807, 2.05) is 24.3 Å². The molecule has 7 heteroatoms. The number of hydrogen-bond donors (Lipinski definition) is 1. The number of carbonyl (C=O) groups is 2. The Morgan fingerprint density at radius 1 is 1.12 bits per heavy atom. The number of nitrogens with one attached hydrogen (secondary N) is 1. The summed E-state index contributed by atoms with van der Waals surface area (Å²) in [5, 5.41) is 2.89. The van der Waals surface area contributed by atoms with Crippen LogP contribution >= 0.6 is 0 Å². The van der Waals surface area contributed by atoms with E-state index in [0.29, 0.717) is 4.31 Å². The largest absolute Gasteiger partial charge is 0.348 e. The maximum absolute atomic E-state index is 12.5. The fraction of sp³-hybridized carbons (Fsp3) is 0.263. The average Bonchev–Trinajstić information content (AvgIpc) is 2.83. The van der Waals surface area contributed by atoms with Gasteiger partial charge in [-0.2, -0.15) is 0 Å². The van der Waals surface area contributed by atoms with E-state index in [2.05, 4.69) is 5.32 Å². The Morgan fingerprint density at radius 2 is 1.85 bits per heavy atom. The maximum atomic E-state index is 12.5. The van der Waals surface area contributed by atoms with Crippen LogP contribution in [0.1, 0.15) is 40.4 Å². The molecule has 0 aromatic heterocycles. The van der Waals surface area contributed by atoms with Crippen molar-refractivity contribution in [2.75, 3.05) is 6.54 Å². The van der Waals surface area contributed by atoms with Gasteiger partial charge in [0.25, 0.3) is 15.9 Å². The summed E-state index contributed by atoms with van der Waals surface area (Å²) in [6, 6.07) is 13.8. The highest BCUT2D eigenvalue weighted by molar-refractivity contribution is 7.90. The van der Waals surface area contributed by atoms with E-state index in [1.165, 1.54) is 17.7 Å². The fourth-order valence-electron chi connectivity index (χ4n) is 3.66. The van der Waals surface area contributed by atoms with Crippen molar-refractivity contribution >= 4 is 21.8 Å². The second-order valence-corrected chi connectivity index (χ2v) is 8.35. The number of rotatable bonds is 3. The lowest BCUT2D eigenvalue weighted by molar-refractivity contribution is -0.121.